The summed E-state index contributed by atoms with van der Waals surface area (Å²) in [4.78, 5) is 43.0. The SMILES string of the molecule is C[C@@H](Cn1c(=O)cc(Nc2ccc(Oc3ccccn3)cc2)n(Cc2ccc(Cl)cc2)c1=O)C(=O)NS(C)(=O)=O. The number of hydrogen-bond acceptors (Lipinski definition) is 8. The summed E-state index contributed by atoms with van der Waals surface area (Å²) in [7, 11) is -3.80. The predicted molar refractivity (Wildman–Crippen MR) is 152 cm³/mol. The lowest BCUT2D eigenvalue weighted by atomic mass is 10.1. The first-order valence-corrected chi connectivity index (χ1v) is 14.3. The van der Waals surface area contributed by atoms with Crippen molar-refractivity contribution in [2.75, 3.05) is 11.6 Å². The third-order valence-corrected chi connectivity index (χ3v) is 6.53. The van der Waals surface area contributed by atoms with Gasteiger partial charge in [-0.05, 0) is 48.0 Å². The Balaban J connectivity index is 1.65. The van der Waals surface area contributed by atoms with Gasteiger partial charge in [-0.15, -0.1) is 0 Å². The summed E-state index contributed by atoms with van der Waals surface area (Å²) in [5.74, 6) is -0.613. The molecule has 0 aliphatic heterocycles. The van der Waals surface area contributed by atoms with E-state index in [1.807, 2.05) is 4.72 Å². The van der Waals surface area contributed by atoms with Crippen molar-refractivity contribution in [2.45, 2.75) is 20.0 Å². The van der Waals surface area contributed by atoms with Crippen LogP contribution in [0.5, 0.6) is 11.6 Å². The standard InChI is InChI=1S/C27H26ClN5O6S/c1-18(26(35)31-40(2,37)38)16-33-25(34)15-23(32(27(33)36)17-19-6-8-20(28)9-7-19)30-21-10-12-22(13-11-21)39-24-5-3-4-14-29-24/h3-15,18,30H,16-17H2,1-2H3,(H,31,35)/t18-/m0/s1. The fourth-order valence-corrected chi connectivity index (χ4v) is 4.43. The maximum absolute atomic E-state index is 13.6. The third-order valence-electron chi connectivity index (χ3n) is 5.71. The van der Waals surface area contributed by atoms with E-state index in [1.165, 1.54) is 17.6 Å². The van der Waals surface area contributed by atoms with Gasteiger partial charge < -0.3 is 10.1 Å². The average Bonchev–Trinajstić information content (AvgIpc) is 2.90. The summed E-state index contributed by atoms with van der Waals surface area (Å²) < 4.78 is 32.7. The van der Waals surface area contributed by atoms with Gasteiger partial charge in [0.05, 0.1) is 18.7 Å². The normalized spacial score (nSPS) is 12.0. The highest BCUT2D eigenvalue weighted by atomic mass is 35.5. The zero-order valence-corrected chi connectivity index (χ0v) is 23.1. The van der Waals surface area contributed by atoms with E-state index in [-0.39, 0.29) is 18.9 Å². The van der Waals surface area contributed by atoms with E-state index >= 15 is 0 Å². The van der Waals surface area contributed by atoms with Crippen LogP contribution in [-0.2, 0) is 27.9 Å². The molecule has 4 rings (SSSR count). The number of nitrogens with zero attached hydrogens (tertiary/aromatic N) is 3. The van der Waals surface area contributed by atoms with E-state index < -0.39 is 33.1 Å². The summed E-state index contributed by atoms with van der Waals surface area (Å²) >= 11 is 6.01. The summed E-state index contributed by atoms with van der Waals surface area (Å²) in [6.45, 7) is 1.19. The Morgan fingerprint density at radius 1 is 1.02 bits per heavy atom. The topological polar surface area (TPSA) is 141 Å². The number of sulfonamides is 1. The van der Waals surface area contributed by atoms with Crippen molar-refractivity contribution in [3.63, 3.8) is 0 Å². The lowest BCUT2D eigenvalue weighted by Crippen LogP contribution is -2.44. The minimum absolute atomic E-state index is 0.0867. The molecule has 13 heteroatoms. The number of amides is 1. The number of aromatic nitrogens is 3. The van der Waals surface area contributed by atoms with Gasteiger partial charge in [0, 0.05) is 35.6 Å². The maximum Gasteiger partial charge on any atom is 0.332 e. The van der Waals surface area contributed by atoms with Crippen LogP contribution in [-0.4, -0.2) is 34.7 Å². The van der Waals surface area contributed by atoms with Crippen LogP contribution >= 0.6 is 11.6 Å². The number of carbonyl (C=O) groups excluding carboxylic acids is 1. The molecule has 0 saturated heterocycles. The molecule has 4 aromatic rings. The summed E-state index contributed by atoms with van der Waals surface area (Å²) in [6.07, 6.45) is 2.47. The largest absolute Gasteiger partial charge is 0.439 e. The zero-order valence-electron chi connectivity index (χ0n) is 21.6. The Morgan fingerprint density at radius 3 is 2.35 bits per heavy atom. The van der Waals surface area contributed by atoms with Gasteiger partial charge >= 0.3 is 5.69 Å². The number of nitrogens with one attached hydrogen (secondary N) is 2. The first kappa shape index (κ1) is 28.6. The van der Waals surface area contributed by atoms with Gasteiger partial charge in [-0.3, -0.25) is 23.4 Å². The third kappa shape index (κ3) is 7.58. The first-order valence-electron chi connectivity index (χ1n) is 12.1. The van der Waals surface area contributed by atoms with Gasteiger partial charge in [0.1, 0.15) is 11.6 Å². The highest BCUT2D eigenvalue weighted by Gasteiger charge is 2.21. The van der Waals surface area contributed by atoms with Crippen molar-refractivity contribution in [2.24, 2.45) is 5.92 Å². The van der Waals surface area contributed by atoms with Gasteiger partial charge in [0.15, 0.2) is 0 Å². The van der Waals surface area contributed by atoms with Crippen molar-refractivity contribution in [1.82, 2.24) is 18.8 Å². The van der Waals surface area contributed by atoms with Gasteiger partial charge in [-0.25, -0.2) is 18.2 Å². The fourth-order valence-electron chi connectivity index (χ4n) is 3.74. The quantitative estimate of drug-likeness (QED) is 0.289. The molecule has 0 aliphatic rings. The molecule has 0 spiro atoms. The number of carbonyl (C=O) groups is 1. The van der Waals surface area contributed by atoms with E-state index in [0.29, 0.717) is 22.3 Å². The molecule has 40 heavy (non-hydrogen) atoms. The average molecular weight is 584 g/mol. The van der Waals surface area contributed by atoms with Crippen LogP contribution in [0.25, 0.3) is 0 Å². The molecule has 2 heterocycles. The van der Waals surface area contributed by atoms with Crippen LogP contribution in [0.4, 0.5) is 11.5 Å². The molecule has 0 fully saturated rings. The predicted octanol–water partition coefficient (Wildman–Crippen LogP) is 3.35. The Bertz CT molecular complexity index is 1720. The minimum atomic E-state index is -3.80. The molecule has 11 nitrogen and oxygen atoms in total. The fraction of sp³-hybridized carbons (Fsp3) is 0.185. The Kier molecular flexibility index (Phi) is 8.70. The van der Waals surface area contributed by atoms with Gasteiger partial charge in [-0.2, -0.15) is 0 Å². The van der Waals surface area contributed by atoms with E-state index in [4.69, 9.17) is 16.3 Å². The molecule has 2 N–H and O–H groups in total. The summed E-state index contributed by atoms with van der Waals surface area (Å²) in [5.41, 5.74) is -0.0228. The zero-order chi connectivity index (χ0) is 28.9. The van der Waals surface area contributed by atoms with Crippen LogP contribution in [0.15, 0.2) is 88.6 Å². The molecule has 1 atom stereocenters. The van der Waals surface area contributed by atoms with Gasteiger partial charge in [0.25, 0.3) is 5.56 Å². The lowest BCUT2D eigenvalue weighted by molar-refractivity contribution is -0.123. The number of ether oxygens (including phenoxy) is 1. The van der Waals surface area contributed by atoms with Crippen molar-refractivity contribution in [3.05, 3.63) is 110 Å². The second-order valence-corrected chi connectivity index (χ2v) is 11.2. The van der Waals surface area contributed by atoms with Crippen molar-refractivity contribution < 1.29 is 17.9 Å². The molecular weight excluding hydrogens is 558 g/mol. The van der Waals surface area contributed by atoms with E-state index in [1.54, 1.807) is 72.9 Å². The molecule has 1 amide bonds. The van der Waals surface area contributed by atoms with Crippen molar-refractivity contribution in [1.29, 1.82) is 0 Å². The maximum atomic E-state index is 13.6. The highest BCUT2D eigenvalue weighted by Crippen LogP contribution is 2.23. The Labute approximate surface area is 235 Å². The summed E-state index contributed by atoms with van der Waals surface area (Å²) in [6, 6.07) is 20.3. The van der Waals surface area contributed by atoms with Crippen LogP contribution in [0, 0.1) is 5.92 Å². The molecule has 2 aromatic heterocycles. The van der Waals surface area contributed by atoms with Crippen LogP contribution in [0.3, 0.4) is 0 Å². The van der Waals surface area contributed by atoms with E-state index in [2.05, 4.69) is 10.3 Å². The Morgan fingerprint density at radius 2 is 1.73 bits per heavy atom. The number of pyridine rings is 1. The van der Waals surface area contributed by atoms with Gasteiger partial charge in [-0.1, -0.05) is 36.7 Å². The molecule has 2 aromatic carbocycles. The smallest absolute Gasteiger partial charge is 0.332 e. The Hall–Kier alpha value is -4.42. The number of rotatable bonds is 10. The number of benzene rings is 2. The first-order chi connectivity index (χ1) is 19.0. The lowest BCUT2D eigenvalue weighted by Gasteiger charge is -2.18. The van der Waals surface area contributed by atoms with Crippen molar-refractivity contribution in [3.8, 4) is 11.6 Å². The molecule has 0 bridgehead atoms. The van der Waals surface area contributed by atoms with Crippen LogP contribution < -0.4 is 26.0 Å². The van der Waals surface area contributed by atoms with Crippen LogP contribution in [0.2, 0.25) is 5.02 Å². The number of halogens is 1. The molecule has 0 unspecified atom stereocenters. The molecular formula is C27H26ClN5O6S. The monoisotopic (exact) mass is 583 g/mol. The second kappa shape index (κ2) is 12.2. The minimum Gasteiger partial charge on any atom is -0.439 e. The molecule has 0 radical (unpaired) electrons. The van der Waals surface area contributed by atoms with Gasteiger partial charge in [0.2, 0.25) is 21.8 Å². The summed E-state index contributed by atoms with van der Waals surface area (Å²) in [5, 5.41) is 3.63. The molecule has 0 saturated carbocycles. The van der Waals surface area contributed by atoms with Crippen molar-refractivity contribution >= 4 is 39.0 Å². The molecule has 208 valence electrons. The highest BCUT2D eigenvalue weighted by molar-refractivity contribution is 7.89. The van der Waals surface area contributed by atoms with E-state index in [9.17, 15) is 22.8 Å². The van der Waals surface area contributed by atoms with Crippen LogP contribution in [0.1, 0.15) is 12.5 Å². The number of anilines is 2. The van der Waals surface area contributed by atoms with E-state index in [0.717, 1.165) is 16.4 Å². The number of hydrogen-bond donors (Lipinski definition) is 2. The second-order valence-electron chi connectivity index (χ2n) is 9.03. The molecule has 0 aliphatic carbocycles.